The summed E-state index contributed by atoms with van der Waals surface area (Å²) in [6.07, 6.45) is 0. The molecule has 1 aliphatic heterocycles. The second-order valence-electron chi connectivity index (χ2n) is 8.91. The number of benzene rings is 3. The van der Waals surface area contributed by atoms with Gasteiger partial charge in [0.15, 0.2) is 23.0 Å². The number of hydrogen-bond acceptors (Lipinski definition) is 6. The van der Waals surface area contributed by atoms with E-state index in [0.29, 0.717) is 55.9 Å². The third-order valence-electron chi connectivity index (χ3n) is 5.57. The van der Waals surface area contributed by atoms with Crippen molar-refractivity contribution in [1.82, 2.24) is 5.32 Å². The first-order valence-electron chi connectivity index (χ1n) is 11.9. The standard InChI is InChI=1S/C28H31BrN2O5/c1-18(2)15-31-28(32)21-5-4-6-22(14-21)30-16-20-11-23(29)27(26(13-20)33-3)36-17-19-7-8-24-25(12-19)35-10-9-34-24/h4-8,11-14,18,30H,9-10,15-17H2,1-3H3,(H,31,32). The number of hydrogen-bond donors (Lipinski definition) is 2. The van der Waals surface area contributed by atoms with E-state index < -0.39 is 0 Å². The van der Waals surface area contributed by atoms with Gasteiger partial charge in [0.2, 0.25) is 0 Å². The molecule has 0 aromatic heterocycles. The molecule has 1 aliphatic rings. The molecule has 3 aromatic carbocycles. The summed E-state index contributed by atoms with van der Waals surface area (Å²) < 4.78 is 23.8. The first kappa shape index (κ1) is 25.7. The van der Waals surface area contributed by atoms with Gasteiger partial charge in [-0.3, -0.25) is 4.79 Å². The Hall–Kier alpha value is -3.39. The number of fused-ring (bicyclic) bond motifs is 1. The van der Waals surface area contributed by atoms with Crippen molar-refractivity contribution >= 4 is 27.5 Å². The summed E-state index contributed by atoms with van der Waals surface area (Å²) in [5.41, 5.74) is 3.46. The quantitative estimate of drug-likeness (QED) is 0.329. The average Bonchev–Trinajstić information content (AvgIpc) is 2.89. The van der Waals surface area contributed by atoms with Crippen molar-refractivity contribution in [1.29, 1.82) is 0 Å². The molecule has 190 valence electrons. The molecule has 0 unspecified atom stereocenters. The van der Waals surface area contributed by atoms with Crippen LogP contribution in [-0.4, -0.2) is 32.8 Å². The Labute approximate surface area is 220 Å². The van der Waals surface area contributed by atoms with Gasteiger partial charge in [-0.1, -0.05) is 26.0 Å². The van der Waals surface area contributed by atoms with E-state index in [1.54, 1.807) is 7.11 Å². The lowest BCUT2D eigenvalue weighted by Gasteiger charge is -2.19. The molecule has 0 saturated carbocycles. The Bertz CT molecular complexity index is 1210. The SMILES string of the molecule is COc1cc(CNc2cccc(C(=O)NCC(C)C)c2)cc(Br)c1OCc1ccc2c(c1)OCCO2. The highest BCUT2D eigenvalue weighted by atomic mass is 79.9. The Balaban J connectivity index is 1.40. The number of nitrogens with one attached hydrogen (secondary N) is 2. The monoisotopic (exact) mass is 554 g/mol. The molecule has 0 bridgehead atoms. The Morgan fingerprint density at radius 2 is 1.83 bits per heavy atom. The summed E-state index contributed by atoms with van der Waals surface area (Å²) in [6, 6.07) is 17.2. The highest BCUT2D eigenvalue weighted by Crippen LogP contribution is 2.38. The maximum absolute atomic E-state index is 12.4. The number of methoxy groups -OCH3 is 1. The molecule has 0 fully saturated rings. The molecule has 7 nitrogen and oxygen atoms in total. The van der Waals surface area contributed by atoms with Crippen molar-refractivity contribution in [2.45, 2.75) is 27.0 Å². The first-order chi connectivity index (χ1) is 17.4. The van der Waals surface area contributed by atoms with Crippen LogP contribution in [0.5, 0.6) is 23.0 Å². The summed E-state index contributed by atoms with van der Waals surface area (Å²) in [4.78, 5) is 12.4. The zero-order valence-corrected chi connectivity index (χ0v) is 22.3. The van der Waals surface area contributed by atoms with Crippen molar-refractivity contribution in [3.05, 3.63) is 75.8 Å². The van der Waals surface area contributed by atoms with Crippen LogP contribution in [0.2, 0.25) is 0 Å². The molecule has 0 atom stereocenters. The van der Waals surface area contributed by atoms with Crippen molar-refractivity contribution < 1.29 is 23.7 Å². The molecular formula is C28H31BrN2O5. The number of halogens is 1. The van der Waals surface area contributed by atoms with Gasteiger partial charge in [-0.15, -0.1) is 0 Å². The summed E-state index contributed by atoms with van der Waals surface area (Å²) in [7, 11) is 1.62. The number of carbonyl (C=O) groups excluding carboxylic acids is 1. The topological polar surface area (TPSA) is 78.1 Å². The van der Waals surface area contributed by atoms with Gasteiger partial charge in [-0.05, 0) is 75.4 Å². The number of anilines is 1. The van der Waals surface area contributed by atoms with Crippen molar-refractivity contribution in [2.75, 3.05) is 32.2 Å². The van der Waals surface area contributed by atoms with Gasteiger partial charge >= 0.3 is 0 Å². The Kier molecular flexibility index (Phi) is 8.59. The lowest BCUT2D eigenvalue weighted by Crippen LogP contribution is -2.27. The highest BCUT2D eigenvalue weighted by Gasteiger charge is 2.15. The molecule has 8 heteroatoms. The van der Waals surface area contributed by atoms with Crippen LogP contribution in [0.4, 0.5) is 5.69 Å². The molecule has 0 aliphatic carbocycles. The smallest absolute Gasteiger partial charge is 0.251 e. The molecule has 3 aromatic rings. The van der Waals surface area contributed by atoms with Gasteiger partial charge in [-0.2, -0.15) is 0 Å². The van der Waals surface area contributed by atoms with E-state index in [4.69, 9.17) is 18.9 Å². The minimum Gasteiger partial charge on any atom is -0.493 e. The van der Waals surface area contributed by atoms with Gasteiger partial charge in [0.25, 0.3) is 5.91 Å². The van der Waals surface area contributed by atoms with Crippen LogP contribution in [0.15, 0.2) is 59.1 Å². The summed E-state index contributed by atoms with van der Waals surface area (Å²) in [5, 5.41) is 6.33. The Morgan fingerprint density at radius 3 is 2.61 bits per heavy atom. The van der Waals surface area contributed by atoms with Crippen LogP contribution in [-0.2, 0) is 13.2 Å². The summed E-state index contributed by atoms with van der Waals surface area (Å²) in [5.74, 6) is 3.06. The minimum absolute atomic E-state index is 0.0729. The second kappa shape index (κ2) is 12.0. The molecule has 4 rings (SSSR count). The number of carbonyl (C=O) groups is 1. The maximum Gasteiger partial charge on any atom is 0.251 e. The summed E-state index contributed by atoms with van der Waals surface area (Å²) >= 11 is 3.63. The fourth-order valence-corrected chi connectivity index (χ4v) is 4.33. The van der Waals surface area contributed by atoms with E-state index in [1.165, 1.54) is 0 Å². The van der Waals surface area contributed by atoms with Crippen LogP contribution in [0, 0.1) is 5.92 Å². The zero-order valence-electron chi connectivity index (χ0n) is 20.7. The molecule has 0 spiro atoms. The van der Waals surface area contributed by atoms with Crippen LogP contribution in [0.1, 0.15) is 35.3 Å². The molecule has 0 saturated heterocycles. The van der Waals surface area contributed by atoms with E-state index in [0.717, 1.165) is 32.8 Å². The molecular weight excluding hydrogens is 524 g/mol. The van der Waals surface area contributed by atoms with E-state index in [-0.39, 0.29) is 5.91 Å². The predicted molar refractivity (Wildman–Crippen MR) is 143 cm³/mol. The lowest BCUT2D eigenvalue weighted by molar-refractivity contribution is 0.0949. The maximum atomic E-state index is 12.4. The van der Waals surface area contributed by atoms with Gasteiger partial charge in [0.1, 0.15) is 19.8 Å². The number of ether oxygens (including phenoxy) is 4. The molecule has 36 heavy (non-hydrogen) atoms. The van der Waals surface area contributed by atoms with Crippen molar-refractivity contribution in [3.63, 3.8) is 0 Å². The Morgan fingerprint density at radius 1 is 1.03 bits per heavy atom. The lowest BCUT2D eigenvalue weighted by atomic mass is 10.1. The summed E-state index contributed by atoms with van der Waals surface area (Å²) in [6.45, 7) is 6.80. The average molecular weight is 555 g/mol. The van der Waals surface area contributed by atoms with Crippen LogP contribution >= 0.6 is 15.9 Å². The second-order valence-corrected chi connectivity index (χ2v) is 9.77. The van der Waals surface area contributed by atoms with Gasteiger partial charge in [0.05, 0.1) is 11.6 Å². The highest BCUT2D eigenvalue weighted by molar-refractivity contribution is 9.10. The van der Waals surface area contributed by atoms with E-state index in [9.17, 15) is 4.79 Å². The fourth-order valence-electron chi connectivity index (χ4n) is 3.72. The minimum atomic E-state index is -0.0729. The fraction of sp³-hybridized carbons (Fsp3) is 0.321. The third kappa shape index (κ3) is 6.63. The normalized spacial score (nSPS) is 12.2. The predicted octanol–water partition coefficient (Wildman–Crippen LogP) is 5.81. The van der Waals surface area contributed by atoms with E-state index >= 15 is 0 Å². The molecule has 0 radical (unpaired) electrons. The molecule has 1 heterocycles. The van der Waals surface area contributed by atoms with Crippen LogP contribution < -0.4 is 29.6 Å². The van der Waals surface area contributed by atoms with E-state index in [2.05, 4.69) is 40.4 Å². The van der Waals surface area contributed by atoms with Crippen molar-refractivity contribution in [3.8, 4) is 23.0 Å². The number of amides is 1. The first-order valence-corrected chi connectivity index (χ1v) is 12.7. The zero-order chi connectivity index (χ0) is 25.5. The molecule has 1 amide bonds. The van der Waals surface area contributed by atoms with Gasteiger partial charge < -0.3 is 29.6 Å². The molecule has 2 N–H and O–H groups in total. The van der Waals surface area contributed by atoms with Crippen molar-refractivity contribution in [2.24, 2.45) is 5.92 Å². The van der Waals surface area contributed by atoms with Crippen LogP contribution in [0.3, 0.4) is 0 Å². The van der Waals surface area contributed by atoms with Crippen LogP contribution in [0.25, 0.3) is 0 Å². The van der Waals surface area contributed by atoms with Gasteiger partial charge in [-0.25, -0.2) is 0 Å². The van der Waals surface area contributed by atoms with Gasteiger partial charge in [0, 0.05) is 24.3 Å². The largest absolute Gasteiger partial charge is 0.493 e. The third-order valence-corrected chi connectivity index (χ3v) is 6.16. The number of rotatable bonds is 10. The van der Waals surface area contributed by atoms with E-state index in [1.807, 2.05) is 54.6 Å².